The van der Waals surface area contributed by atoms with Crippen LogP contribution in [-0.2, 0) is 10.0 Å². The Morgan fingerprint density at radius 3 is 2.69 bits per heavy atom. The molecule has 1 aromatic rings. The second-order valence-electron chi connectivity index (χ2n) is 3.16. The first-order valence-electron chi connectivity index (χ1n) is 4.67. The molecule has 0 fully saturated rings. The molecule has 88 valence electrons. The first-order valence-corrected chi connectivity index (χ1v) is 6.56. The maximum Gasteiger partial charge on any atom is 0.264 e. The van der Waals surface area contributed by atoms with E-state index in [-0.39, 0.29) is 5.56 Å². The van der Waals surface area contributed by atoms with E-state index in [1.54, 1.807) is 12.1 Å². The maximum atomic E-state index is 11.5. The zero-order valence-electron chi connectivity index (χ0n) is 9.06. The van der Waals surface area contributed by atoms with Crippen LogP contribution in [0, 0.1) is 0 Å². The van der Waals surface area contributed by atoms with Crippen molar-refractivity contribution in [3.63, 3.8) is 0 Å². The summed E-state index contributed by atoms with van der Waals surface area (Å²) >= 11 is 0. The van der Waals surface area contributed by atoms with Crippen LogP contribution < -0.4 is 9.46 Å². The first kappa shape index (κ1) is 12.5. The van der Waals surface area contributed by atoms with Gasteiger partial charge in [0.2, 0.25) is 10.0 Å². The van der Waals surface area contributed by atoms with E-state index in [1.165, 1.54) is 12.1 Å². The van der Waals surface area contributed by atoms with Crippen molar-refractivity contribution in [2.45, 2.75) is 6.92 Å². The largest absolute Gasteiger partial charge is 0.494 e. The Morgan fingerprint density at radius 2 is 2.12 bits per heavy atom. The number of hydrogen-bond donors (Lipinski definition) is 1. The summed E-state index contributed by atoms with van der Waals surface area (Å²) in [4.78, 5) is 11.5. The molecule has 0 aromatic heterocycles. The Hall–Kier alpha value is -1.56. The fourth-order valence-corrected chi connectivity index (χ4v) is 1.58. The molecular formula is C10H13NO4S. The number of carbonyl (C=O) groups is 1. The first-order chi connectivity index (χ1) is 7.42. The average Bonchev–Trinajstić information content (AvgIpc) is 2.16. The average molecular weight is 243 g/mol. The van der Waals surface area contributed by atoms with Crippen LogP contribution in [0.5, 0.6) is 5.75 Å². The molecule has 1 rings (SSSR count). The van der Waals surface area contributed by atoms with Crippen molar-refractivity contribution >= 4 is 15.9 Å². The van der Waals surface area contributed by atoms with Gasteiger partial charge in [0.25, 0.3) is 5.91 Å². The number of sulfonamides is 1. The molecule has 0 spiro atoms. The normalized spacial score (nSPS) is 10.9. The van der Waals surface area contributed by atoms with Gasteiger partial charge in [0.15, 0.2) is 0 Å². The summed E-state index contributed by atoms with van der Waals surface area (Å²) in [5.74, 6) is -0.132. The molecule has 0 aliphatic carbocycles. The standard InChI is InChI=1S/C10H13NO4S/c1-3-15-9-6-4-5-8(7-9)10(12)11-16(2,13)14/h4-7H,3H2,1-2H3,(H,11,12). The molecule has 1 N–H and O–H groups in total. The molecule has 5 nitrogen and oxygen atoms in total. The SMILES string of the molecule is CCOc1cccc(C(=O)NS(C)(=O)=O)c1. The third kappa shape index (κ3) is 3.90. The molecule has 16 heavy (non-hydrogen) atoms. The molecule has 1 amide bonds. The lowest BCUT2D eigenvalue weighted by Crippen LogP contribution is -2.29. The zero-order valence-corrected chi connectivity index (χ0v) is 9.87. The molecule has 0 bridgehead atoms. The van der Waals surface area contributed by atoms with Crippen molar-refractivity contribution in [3.05, 3.63) is 29.8 Å². The highest BCUT2D eigenvalue weighted by atomic mass is 32.2. The number of rotatable bonds is 4. The van der Waals surface area contributed by atoms with Crippen molar-refractivity contribution in [2.24, 2.45) is 0 Å². The van der Waals surface area contributed by atoms with E-state index in [0.717, 1.165) is 6.26 Å². The fraction of sp³-hybridized carbons (Fsp3) is 0.300. The van der Waals surface area contributed by atoms with E-state index >= 15 is 0 Å². The van der Waals surface area contributed by atoms with Crippen LogP contribution >= 0.6 is 0 Å². The summed E-state index contributed by atoms with van der Waals surface area (Å²) < 4.78 is 28.8. The van der Waals surface area contributed by atoms with Crippen LogP contribution in [-0.4, -0.2) is 27.2 Å². The van der Waals surface area contributed by atoms with Crippen molar-refractivity contribution in [1.29, 1.82) is 0 Å². The molecule has 1 aromatic carbocycles. The Morgan fingerprint density at radius 1 is 1.44 bits per heavy atom. The van der Waals surface area contributed by atoms with E-state index in [0.29, 0.717) is 12.4 Å². The number of benzene rings is 1. The minimum Gasteiger partial charge on any atom is -0.494 e. The summed E-state index contributed by atoms with van der Waals surface area (Å²) in [5, 5.41) is 0. The highest BCUT2D eigenvalue weighted by Gasteiger charge is 2.11. The minimum absolute atomic E-state index is 0.247. The van der Waals surface area contributed by atoms with Crippen LogP contribution in [0.2, 0.25) is 0 Å². The van der Waals surface area contributed by atoms with Crippen molar-refractivity contribution < 1.29 is 17.9 Å². The molecule has 6 heteroatoms. The van der Waals surface area contributed by atoms with Gasteiger partial charge in [-0.3, -0.25) is 4.79 Å². The van der Waals surface area contributed by atoms with Crippen molar-refractivity contribution in [1.82, 2.24) is 4.72 Å². The topological polar surface area (TPSA) is 72.5 Å². The van der Waals surface area contributed by atoms with Gasteiger partial charge in [-0.05, 0) is 25.1 Å². The lowest BCUT2D eigenvalue weighted by Gasteiger charge is -2.05. The molecule has 0 aliphatic heterocycles. The van der Waals surface area contributed by atoms with E-state index in [9.17, 15) is 13.2 Å². The Kier molecular flexibility index (Phi) is 3.89. The van der Waals surface area contributed by atoms with Crippen LogP contribution in [0.4, 0.5) is 0 Å². The highest BCUT2D eigenvalue weighted by molar-refractivity contribution is 7.89. The summed E-state index contributed by atoms with van der Waals surface area (Å²) in [6.45, 7) is 2.31. The van der Waals surface area contributed by atoms with Crippen LogP contribution in [0.15, 0.2) is 24.3 Å². The van der Waals surface area contributed by atoms with Gasteiger partial charge in [-0.15, -0.1) is 0 Å². The summed E-state index contributed by atoms with van der Waals surface area (Å²) in [7, 11) is -3.54. The molecule has 0 saturated carbocycles. The van der Waals surface area contributed by atoms with Crippen LogP contribution in [0.25, 0.3) is 0 Å². The lowest BCUT2D eigenvalue weighted by atomic mass is 10.2. The van der Waals surface area contributed by atoms with Crippen LogP contribution in [0.3, 0.4) is 0 Å². The van der Waals surface area contributed by atoms with Crippen molar-refractivity contribution in [2.75, 3.05) is 12.9 Å². The summed E-state index contributed by atoms with van der Waals surface area (Å²) in [6, 6.07) is 6.33. The summed E-state index contributed by atoms with van der Waals surface area (Å²) in [6.07, 6.45) is 0.928. The van der Waals surface area contributed by atoms with Gasteiger partial charge in [0.05, 0.1) is 12.9 Å². The Labute approximate surface area is 94.5 Å². The molecule has 0 aliphatic rings. The number of ether oxygens (including phenoxy) is 1. The Balaban J connectivity index is 2.87. The number of amides is 1. The number of nitrogens with one attached hydrogen (secondary N) is 1. The van der Waals surface area contributed by atoms with Gasteiger partial charge < -0.3 is 4.74 Å². The van der Waals surface area contributed by atoms with E-state index < -0.39 is 15.9 Å². The minimum atomic E-state index is -3.54. The Bertz CT molecular complexity index is 481. The molecule has 0 radical (unpaired) electrons. The van der Waals surface area contributed by atoms with E-state index in [2.05, 4.69) is 0 Å². The fourth-order valence-electron chi connectivity index (χ4n) is 1.12. The molecule has 0 atom stereocenters. The molecule has 0 unspecified atom stereocenters. The number of carbonyl (C=O) groups excluding carboxylic acids is 1. The zero-order chi connectivity index (χ0) is 12.2. The highest BCUT2D eigenvalue weighted by Crippen LogP contribution is 2.13. The monoisotopic (exact) mass is 243 g/mol. The van der Waals surface area contributed by atoms with Crippen molar-refractivity contribution in [3.8, 4) is 5.75 Å². The molecular weight excluding hydrogens is 230 g/mol. The second-order valence-corrected chi connectivity index (χ2v) is 4.91. The van der Waals surface area contributed by atoms with E-state index in [1.807, 2.05) is 11.6 Å². The van der Waals surface area contributed by atoms with Gasteiger partial charge >= 0.3 is 0 Å². The predicted molar refractivity (Wildman–Crippen MR) is 59.9 cm³/mol. The van der Waals surface area contributed by atoms with Gasteiger partial charge in [-0.25, -0.2) is 13.1 Å². The predicted octanol–water partition coefficient (Wildman–Crippen LogP) is 0.775. The smallest absolute Gasteiger partial charge is 0.264 e. The van der Waals surface area contributed by atoms with E-state index in [4.69, 9.17) is 4.74 Å². The molecule has 0 saturated heterocycles. The molecule has 0 heterocycles. The number of hydrogen-bond acceptors (Lipinski definition) is 4. The van der Waals surface area contributed by atoms with Gasteiger partial charge in [0, 0.05) is 5.56 Å². The quantitative estimate of drug-likeness (QED) is 0.848. The van der Waals surface area contributed by atoms with Gasteiger partial charge in [-0.2, -0.15) is 0 Å². The summed E-state index contributed by atoms with van der Waals surface area (Å²) in [5.41, 5.74) is 0.247. The third-order valence-electron chi connectivity index (χ3n) is 1.69. The maximum absolute atomic E-state index is 11.5. The second kappa shape index (κ2) is 4.98. The van der Waals surface area contributed by atoms with Crippen LogP contribution in [0.1, 0.15) is 17.3 Å². The van der Waals surface area contributed by atoms with Gasteiger partial charge in [-0.1, -0.05) is 6.07 Å². The third-order valence-corrected chi connectivity index (χ3v) is 2.24. The van der Waals surface area contributed by atoms with Gasteiger partial charge in [0.1, 0.15) is 5.75 Å². The lowest BCUT2D eigenvalue weighted by molar-refractivity contribution is 0.0981.